The quantitative estimate of drug-likeness (QED) is 0.410. The van der Waals surface area contributed by atoms with E-state index in [0.29, 0.717) is 12.6 Å². The third kappa shape index (κ3) is 6.95. The summed E-state index contributed by atoms with van der Waals surface area (Å²) in [6, 6.07) is 0. The van der Waals surface area contributed by atoms with Crippen LogP contribution in [0.5, 0.6) is 0 Å². The lowest BCUT2D eigenvalue weighted by Gasteiger charge is -2.25. The Morgan fingerprint density at radius 1 is 1.21 bits per heavy atom. The summed E-state index contributed by atoms with van der Waals surface area (Å²) >= 11 is 0. The third-order valence-electron chi connectivity index (χ3n) is 2.31. The van der Waals surface area contributed by atoms with E-state index in [0.717, 1.165) is 12.8 Å². The number of hydrogen-bond donors (Lipinski definition) is 0. The number of hydrogen-bond acceptors (Lipinski definition) is 3. The average Bonchev–Trinajstić information content (AvgIpc) is 2.25. The van der Waals surface area contributed by atoms with E-state index in [1.54, 1.807) is 16.7 Å². The van der Waals surface area contributed by atoms with Crippen molar-refractivity contribution in [3.63, 3.8) is 0 Å². The molecule has 0 rings (SSSR count). The van der Waals surface area contributed by atoms with Gasteiger partial charge in [-0.3, -0.25) is 9.05 Å². The van der Waals surface area contributed by atoms with Crippen molar-refractivity contribution in [1.82, 2.24) is 9.80 Å². The van der Waals surface area contributed by atoms with Gasteiger partial charge < -0.3 is 9.80 Å². The zero-order valence-electron chi connectivity index (χ0n) is 13.2. The lowest BCUT2D eigenvalue weighted by molar-refractivity contribution is 0.155. The first-order chi connectivity index (χ1) is 8.75. The number of rotatable bonds is 7. The zero-order chi connectivity index (χ0) is 15.1. The van der Waals surface area contributed by atoms with Gasteiger partial charge in [-0.2, -0.15) is 0 Å². The SMILES string of the molecule is CCCC(C)OP(=O)(N=C(N(C)C)N(C)C)OCC. The van der Waals surface area contributed by atoms with Gasteiger partial charge in [-0.25, -0.2) is 4.57 Å². The highest BCUT2D eigenvalue weighted by molar-refractivity contribution is 7.52. The summed E-state index contributed by atoms with van der Waals surface area (Å²) in [6.45, 7) is 6.02. The Morgan fingerprint density at radius 2 is 1.74 bits per heavy atom. The molecule has 0 aromatic heterocycles. The molecular weight excluding hydrogens is 265 g/mol. The summed E-state index contributed by atoms with van der Waals surface area (Å²) < 4.78 is 27.6. The largest absolute Gasteiger partial charge is 0.457 e. The van der Waals surface area contributed by atoms with Crippen LogP contribution in [0.15, 0.2) is 4.76 Å². The molecule has 0 bridgehead atoms. The van der Waals surface area contributed by atoms with E-state index >= 15 is 0 Å². The first-order valence-electron chi connectivity index (χ1n) is 6.63. The van der Waals surface area contributed by atoms with E-state index in [9.17, 15) is 4.57 Å². The highest BCUT2D eigenvalue weighted by Crippen LogP contribution is 2.51. The molecule has 0 aliphatic carbocycles. The predicted molar refractivity (Wildman–Crippen MR) is 79.5 cm³/mol. The van der Waals surface area contributed by atoms with Crippen LogP contribution in [0.1, 0.15) is 33.6 Å². The molecular formula is C12H28N3O3P. The highest BCUT2D eigenvalue weighted by atomic mass is 31.2. The molecule has 0 spiro atoms. The van der Waals surface area contributed by atoms with Crippen molar-refractivity contribution in [1.29, 1.82) is 0 Å². The first kappa shape index (κ1) is 18.4. The summed E-state index contributed by atoms with van der Waals surface area (Å²) in [4.78, 5) is 3.55. The molecule has 6 nitrogen and oxygen atoms in total. The van der Waals surface area contributed by atoms with Crippen molar-refractivity contribution in [3.05, 3.63) is 0 Å². The monoisotopic (exact) mass is 293 g/mol. The third-order valence-corrected chi connectivity index (χ3v) is 3.95. The van der Waals surface area contributed by atoms with Gasteiger partial charge >= 0.3 is 7.75 Å². The van der Waals surface area contributed by atoms with Gasteiger partial charge in [0.05, 0.1) is 12.7 Å². The summed E-state index contributed by atoms with van der Waals surface area (Å²) in [6.07, 6.45) is 1.65. The first-order valence-corrected chi connectivity index (χ1v) is 8.13. The standard InChI is InChI=1S/C12H28N3O3P/c1-8-10-11(3)18-19(16,17-9-2)13-12(14(4)5)15(6)7/h11H,8-10H2,1-7H3. The molecule has 0 aromatic rings. The smallest absolute Gasteiger partial charge is 0.349 e. The van der Waals surface area contributed by atoms with Gasteiger partial charge in [0.1, 0.15) is 0 Å². The van der Waals surface area contributed by atoms with Gasteiger partial charge in [0.15, 0.2) is 0 Å². The Bertz CT molecular complexity index is 322. The Morgan fingerprint density at radius 3 is 2.11 bits per heavy atom. The van der Waals surface area contributed by atoms with Crippen molar-refractivity contribution in [2.75, 3.05) is 34.8 Å². The number of guanidine groups is 1. The van der Waals surface area contributed by atoms with Crippen molar-refractivity contribution in [2.45, 2.75) is 39.7 Å². The molecule has 0 saturated heterocycles. The topological polar surface area (TPSA) is 54.4 Å². The Kier molecular flexibility index (Phi) is 8.30. The van der Waals surface area contributed by atoms with Crippen LogP contribution < -0.4 is 0 Å². The maximum atomic E-state index is 12.6. The minimum Gasteiger partial charge on any atom is -0.349 e. The highest BCUT2D eigenvalue weighted by Gasteiger charge is 2.28. The molecule has 0 N–H and O–H groups in total. The minimum atomic E-state index is -3.46. The van der Waals surface area contributed by atoms with E-state index in [2.05, 4.69) is 11.7 Å². The lowest BCUT2D eigenvalue weighted by Crippen LogP contribution is -2.35. The molecule has 0 radical (unpaired) electrons. The van der Waals surface area contributed by atoms with Crippen molar-refractivity contribution >= 4 is 13.7 Å². The van der Waals surface area contributed by atoms with Gasteiger partial charge in [0, 0.05) is 28.2 Å². The van der Waals surface area contributed by atoms with E-state index in [4.69, 9.17) is 9.05 Å². The van der Waals surface area contributed by atoms with Crippen LogP contribution in [0.25, 0.3) is 0 Å². The van der Waals surface area contributed by atoms with Crippen LogP contribution in [-0.4, -0.2) is 56.7 Å². The van der Waals surface area contributed by atoms with Crippen LogP contribution in [0, 0.1) is 0 Å². The summed E-state index contributed by atoms with van der Waals surface area (Å²) in [5.74, 6) is 0.556. The molecule has 0 saturated carbocycles. The maximum absolute atomic E-state index is 12.6. The molecule has 0 aromatic carbocycles. The minimum absolute atomic E-state index is 0.142. The van der Waals surface area contributed by atoms with E-state index < -0.39 is 7.75 Å². The Labute approximate surface area is 117 Å². The van der Waals surface area contributed by atoms with E-state index in [-0.39, 0.29) is 6.10 Å². The molecule has 19 heavy (non-hydrogen) atoms. The molecule has 0 aliphatic heterocycles. The van der Waals surface area contributed by atoms with Gasteiger partial charge in [-0.15, -0.1) is 4.76 Å². The fraction of sp³-hybridized carbons (Fsp3) is 0.917. The van der Waals surface area contributed by atoms with Crippen molar-refractivity contribution in [3.8, 4) is 0 Å². The van der Waals surface area contributed by atoms with Gasteiger partial charge in [-0.1, -0.05) is 13.3 Å². The van der Waals surface area contributed by atoms with Crippen LogP contribution in [0.3, 0.4) is 0 Å². The fourth-order valence-electron chi connectivity index (χ4n) is 1.62. The molecule has 0 amide bonds. The van der Waals surface area contributed by atoms with Crippen LogP contribution in [0.4, 0.5) is 0 Å². The Balaban J connectivity index is 5.15. The van der Waals surface area contributed by atoms with Gasteiger partial charge in [0.2, 0.25) is 5.96 Å². The predicted octanol–water partition coefficient (Wildman–Crippen LogP) is 2.82. The Hall–Kier alpha value is -0.580. The molecule has 0 heterocycles. The normalized spacial score (nSPS) is 15.5. The maximum Gasteiger partial charge on any atom is 0.457 e. The summed E-state index contributed by atoms with van der Waals surface area (Å²) in [5, 5.41) is 0. The lowest BCUT2D eigenvalue weighted by atomic mass is 10.2. The zero-order valence-corrected chi connectivity index (χ0v) is 14.1. The van der Waals surface area contributed by atoms with Crippen LogP contribution >= 0.6 is 7.75 Å². The van der Waals surface area contributed by atoms with Gasteiger partial charge in [-0.05, 0) is 20.3 Å². The molecule has 2 unspecified atom stereocenters. The molecule has 2 atom stereocenters. The second-order valence-corrected chi connectivity index (χ2v) is 6.39. The summed E-state index contributed by atoms with van der Waals surface area (Å²) in [5.41, 5.74) is 0. The number of nitrogens with zero attached hydrogens (tertiary/aromatic N) is 3. The van der Waals surface area contributed by atoms with Gasteiger partial charge in [0.25, 0.3) is 0 Å². The summed E-state index contributed by atoms with van der Waals surface area (Å²) in [7, 11) is 3.89. The second-order valence-electron chi connectivity index (χ2n) is 4.78. The van der Waals surface area contributed by atoms with Crippen LogP contribution in [0.2, 0.25) is 0 Å². The van der Waals surface area contributed by atoms with E-state index in [1.807, 2.05) is 35.1 Å². The van der Waals surface area contributed by atoms with Crippen LogP contribution in [-0.2, 0) is 13.6 Å². The van der Waals surface area contributed by atoms with E-state index in [1.165, 1.54) is 0 Å². The second kappa shape index (κ2) is 8.56. The van der Waals surface area contributed by atoms with Crippen molar-refractivity contribution < 1.29 is 13.6 Å². The molecule has 0 aliphatic rings. The fourth-order valence-corrected chi connectivity index (χ4v) is 3.25. The molecule has 7 heteroatoms. The van der Waals surface area contributed by atoms with Crippen molar-refractivity contribution in [2.24, 2.45) is 4.76 Å². The molecule has 0 fully saturated rings. The molecule has 114 valence electrons. The average molecular weight is 293 g/mol.